The molecular weight excluding hydrogens is 238 g/mol. The summed E-state index contributed by atoms with van der Waals surface area (Å²) >= 11 is 0. The van der Waals surface area contributed by atoms with Crippen molar-refractivity contribution in [2.24, 2.45) is 5.73 Å². The van der Waals surface area contributed by atoms with E-state index in [1.807, 2.05) is 37.3 Å². The van der Waals surface area contributed by atoms with Gasteiger partial charge in [-0.15, -0.1) is 0 Å². The van der Waals surface area contributed by atoms with Crippen LogP contribution in [0.1, 0.15) is 36.8 Å². The van der Waals surface area contributed by atoms with Gasteiger partial charge in [-0.1, -0.05) is 26.0 Å². The number of hydrogen-bond acceptors (Lipinski definition) is 4. The van der Waals surface area contributed by atoms with Crippen molar-refractivity contribution in [2.45, 2.75) is 33.2 Å². The van der Waals surface area contributed by atoms with E-state index in [4.69, 9.17) is 10.5 Å². The molecule has 2 N–H and O–H groups in total. The van der Waals surface area contributed by atoms with Crippen LogP contribution < -0.4 is 10.5 Å². The highest BCUT2D eigenvalue weighted by Gasteiger charge is 2.07. The Morgan fingerprint density at radius 1 is 1.16 bits per heavy atom. The lowest BCUT2D eigenvalue weighted by atomic mass is 10.2. The number of aryl methyl sites for hydroxylation is 1. The Kier molecular flexibility index (Phi) is 4.12. The normalized spacial score (nSPS) is 10.8. The Morgan fingerprint density at radius 2 is 1.84 bits per heavy atom. The predicted molar refractivity (Wildman–Crippen MR) is 75.3 cm³/mol. The van der Waals surface area contributed by atoms with Crippen LogP contribution in [-0.4, -0.2) is 9.97 Å². The van der Waals surface area contributed by atoms with Crippen LogP contribution in [0.4, 0.5) is 0 Å². The molecule has 1 heterocycles. The largest absolute Gasteiger partial charge is 0.439 e. The van der Waals surface area contributed by atoms with Crippen LogP contribution in [0, 0.1) is 6.92 Å². The average molecular weight is 257 g/mol. The highest BCUT2D eigenvalue weighted by molar-refractivity contribution is 5.31. The van der Waals surface area contributed by atoms with E-state index >= 15 is 0 Å². The van der Waals surface area contributed by atoms with Gasteiger partial charge in [-0.2, -0.15) is 4.98 Å². The first-order chi connectivity index (χ1) is 9.08. The monoisotopic (exact) mass is 257 g/mol. The summed E-state index contributed by atoms with van der Waals surface area (Å²) in [6, 6.07) is 9.53. The number of benzene rings is 1. The molecule has 2 aromatic rings. The summed E-state index contributed by atoms with van der Waals surface area (Å²) in [7, 11) is 0. The summed E-state index contributed by atoms with van der Waals surface area (Å²) in [4.78, 5) is 8.81. The van der Waals surface area contributed by atoms with Crippen molar-refractivity contribution in [3.05, 3.63) is 47.4 Å². The lowest BCUT2D eigenvalue weighted by Crippen LogP contribution is -2.01. The molecule has 0 bridgehead atoms. The molecule has 4 nitrogen and oxygen atoms in total. The maximum atomic E-state index is 5.76. The zero-order chi connectivity index (χ0) is 13.8. The molecule has 0 atom stereocenters. The molecule has 2 rings (SSSR count). The summed E-state index contributed by atoms with van der Waals surface area (Å²) in [5.74, 6) is 2.41. The lowest BCUT2D eigenvalue weighted by Gasteiger charge is -2.09. The van der Waals surface area contributed by atoms with E-state index in [-0.39, 0.29) is 5.92 Å². The molecule has 0 radical (unpaired) electrons. The van der Waals surface area contributed by atoms with E-state index < -0.39 is 0 Å². The Balaban J connectivity index is 2.22. The van der Waals surface area contributed by atoms with Crippen LogP contribution >= 0.6 is 0 Å². The quantitative estimate of drug-likeness (QED) is 0.914. The third-order valence-corrected chi connectivity index (χ3v) is 2.75. The average Bonchev–Trinajstić information content (AvgIpc) is 2.39. The van der Waals surface area contributed by atoms with Gasteiger partial charge in [-0.3, -0.25) is 0 Å². The molecule has 0 saturated heterocycles. The maximum Gasteiger partial charge on any atom is 0.222 e. The molecule has 1 aromatic heterocycles. The number of ether oxygens (including phenoxy) is 1. The van der Waals surface area contributed by atoms with Gasteiger partial charge in [0.05, 0.1) is 0 Å². The molecular formula is C15H19N3O. The van der Waals surface area contributed by atoms with Gasteiger partial charge in [0.15, 0.2) is 0 Å². The van der Waals surface area contributed by atoms with Gasteiger partial charge in [-0.25, -0.2) is 4.98 Å². The second kappa shape index (κ2) is 5.80. The van der Waals surface area contributed by atoms with Gasteiger partial charge in [0.25, 0.3) is 0 Å². The van der Waals surface area contributed by atoms with E-state index in [1.54, 1.807) is 0 Å². The molecule has 100 valence electrons. The highest BCUT2D eigenvalue weighted by Crippen LogP contribution is 2.22. The minimum Gasteiger partial charge on any atom is -0.439 e. The van der Waals surface area contributed by atoms with Crippen molar-refractivity contribution in [1.29, 1.82) is 0 Å². The van der Waals surface area contributed by atoms with Crippen molar-refractivity contribution >= 4 is 0 Å². The van der Waals surface area contributed by atoms with Crippen LogP contribution in [-0.2, 0) is 6.54 Å². The Bertz CT molecular complexity index is 550. The minimum atomic E-state index is 0.280. The fourth-order valence-corrected chi connectivity index (χ4v) is 1.69. The van der Waals surface area contributed by atoms with E-state index in [0.29, 0.717) is 12.4 Å². The molecule has 0 aliphatic rings. The van der Waals surface area contributed by atoms with Crippen molar-refractivity contribution < 1.29 is 4.74 Å². The molecule has 19 heavy (non-hydrogen) atoms. The number of rotatable bonds is 4. The van der Waals surface area contributed by atoms with Gasteiger partial charge in [0.2, 0.25) is 5.88 Å². The summed E-state index contributed by atoms with van der Waals surface area (Å²) in [5.41, 5.74) is 7.55. The zero-order valence-corrected chi connectivity index (χ0v) is 11.6. The fourth-order valence-electron chi connectivity index (χ4n) is 1.69. The number of aromatic nitrogens is 2. The van der Waals surface area contributed by atoms with Crippen LogP contribution in [0.25, 0.3) is 0 Å². The second-order valence-electron chi connectivity index (χ2n) is 4.81. The SMILES string of the molecule is Cc1cc(Oc2ccc(CN)cc2)nc(C(C)C)n1. The lowest BCUT2D eigenvalue weighted by molar-refractivity contribution is 0.455. The topological polar surface area (TPSA) is 61.0 Å². The molecule has 0 aliphatic heterocycles. The molecule has 0 unspecified atom stereocenters. The smallest absolute Gasteiger partial charge is 0.222 e. The molecule has 0 amide bonds. The summed E-state index contributed by atoms with van der Waals surface area (Å²) < 4.78 is 5.76. The predicted octanol–water partition coefficient (Wildman–Crippen LogP) is 3.16. The number of nitrogens with zero attached hydrogens (tertiary/aromatic N) is 2. The minimum absolute atomic E-state index is 0.280. The molecule has 0 spiro atoms. The van der Waals surface area contributed by atoms with Crippen molar-refractivity contribution in [2.75, 3.05) is 0 Å². The van der Waals surface area contributed by atoms with E-state index in [2.05, 4.69) is 23.8 Å². The fraction of sp³-hybridized carbons (Fsp3) is 0.333. The third-order valence-electron chi connectivity index (χ3n) is 2.75. The standard InChI is InChI=1S/C15H19N3O/c1-10(2)15-17-11(3)8-14(18-15)19-13-6-4-12(9-16)5-7-13/h4-8,10H,9,16H2,1-3H3. The van der Waals surface area contributed by atoms with Gasteiger partial charge in [0, 0.05) is 24.2 Å². The van der Waals surface area contributed by atoms with Gasteiger partial charge >= 0.3 is 0 Å². The highest BCUT2D eigenvalue weighted by atomic mass is 16.5. The van der Waals surface area contributed by atoms with Crippen molar-refractivity contribution in [1.82, 2.24) is 9.97 Å². The Hall–Kier alpha value is -1.94. The third kappa shape index (κ3) is 3.51. The van der Waals surface area contributed by atoms with Crippen LogP contribution in [0.5, 0.6) is 11.6 Å². The molecule has 4 heteroatoms. The van der Waals surface area contributed by atoms with Crippen molar-refractivity contribution in [3.8, 4) is 11.6 Å². The molecule has 0 saturated carbocycles. The maximum absolute atomic E-state index is 5.76. The van der Waals surface area contributed by atoms with E-state index in [9.17, 15) is 0 Å². The van der Waals surface area contributed by atoms with Gasteiger partial charge < -0.3 is 10.5 Å². The first-order valence-corrected chi connectivity index (χ1v) is 6.41. The second-order valence-corrected chi connectivity index (χ2v) is 4.81. The summed E-state index contributed by atoms with van der Waals surface area (Å²) in [6.07, 6.45) is 0. The Labute approximate surface area is 113 Å². The van der Waals surface area contributed by atoms with Crippen LogP contribution in [0.15, 0.2) is 30.3 Å². The number of nitrogens with two attached hydrogens (primary N) is 1. The van der Waals surface area contributed by atoms with Gasteiger partial charge in [-0.05, 0) is 24.6 Å². The first kappa shape index (κ1) is 13.5. The van der Waals surface area contributed by atoms with Crippen LogP contribution in [0.2, 0.25) is 0 Å². The zero-order valence-electron chi connectivity index (χ0n) is 11.6. The van der Waals surface area contributed by atoms with E-state index in [0.717, 1.165) is 22.8 Å². The molecule has 0 fully saturated rings. The van der Waals surface area contributed by atoms with Crippen LogP contribution in [0.3, 0.4) is 0 Å². The molecule has 1 aromatic carbocycles. The summed E-state index contributed by atoms with van der Waals surface area (Å²) in [6.45, 7) is 6.60. The summed E-state index contributed by atoms with van der Waals surface area (Å²) in [5, 5.41) is 0. The molecule has 0 aliphatic carbocycles. The van der Waals surface area contributed by atoms with E-state index in [1.165, 1.54) is 0 Å². The van der Waals surface area contributed by atoms with Crippen molar-refractivity contribution in [3.63, 3.8) is 0 Å². The number of hydrogen-bond donors (Lipinski definition) is 1. The Morgan fingerprint density at radius 3 is 2.42 bits per heavy atom. The van der Waals surface area contributed by atoms with Gasteiger partial charge in [0.1, 0.15) is 11.6 Å². The first-order valence-electron chi connectivity index (χ1n) is 6.41.